The highest BCUT2D eigenvalue weighted by Crippen LogP contribution is 2.36. The van der Waals surface area contributed by atoms with Crippen molar-refractivity contribution < 1.29 is 22.7 Å². The lowest BCUT2D eigenvalue weighted by Crippen LogP contribution is -2.44. The maximum absolute atomic E-state index is 13.1. The van der Waals surface area contributed by atoms with E-state index < -0.39 is 6.36 Å². The fourth-order valence-electron chi connectivity index (χ4n) is 4.55. The number of amides is 1. The van der Waals surface area contributed by atoms with E-state index in [0.29, 0.717) is 29.9 Å². The maximum atomic E-state index is 13.1. The molecule has 0 bridgehead atoms. The Kier molecular flexibility index (Phi) is 7.51. The number of alkyl halides is 3. The minimum atomic E-state index is -4.85. The van der Waals surface area contributed by atoms with E-state index in [1.807, 2.05) is 18.7 Å². The van der Waals surface area contributed by atoms with Crippen LogP contribution in [0.3, 0.4) is 0 Å². The number of likely N-dealkylation sites (N-methyl/N-ethyl adjacent to an activating group) is 1. The summed E-state index contributed by atoms with van der Waals surface area (Å²) in [5.74, 6) is -0.403. The summed E-state index contributed by atoms with van der Waals surface area (Å²) in [6.07, 6.45) is -2.63. The molecule has 0 radical (unpaired) electrons. The summed E-state index contributed by atoms with van der Waals surface area (Å²) in [6.45, 7) is 3.78. The van der Waals surface area contributed by atoms with Crippen LogP contribution >= 0.6 is 12.4 Å². The van der Waals surface area contributed by atoms with E-state index in [9.17, 15) is 18.0 Å². The third kappa shape index (κ3) is 5.75. The average Bonchev–Trinajstić information content (AvgIpc) is 3.18. The van der Waals surface area contributed by atoms with Gasteiger partial charge < -0.3 is 29.7 Å². The number of piperazine rings is 1. The van der Waals surface area contributed by atoms with Crippen molar-refractivity contribution in [2.75, 3.05) is 50.0 Å². The molecule has 198 valence electrons. The van der Waals surface area contributed by atoms with Crippen LogP contribution in [-0.2, 0) is 13.5 Å². The van der Waals surface area contributed by atoms with Crippen LogP contribution < -0.4 is 20.3 Å². The third-order valence-electron chi connectivity index (χ3n) is 6.47. The minimum Gasteiger partial charge on any atom is -0.404 e. The van der Waals surface area contributed by atoms with Gasteiger partial charge in [-0.15, -0.1) is 25.6 Å². The van der Waals surface area contributed by atoms with Gasteiger partial charge in [-0.3, -0.25) is 4.79 Å². The maximum Gasteiger partial charge on any atom is 0.573 e. The Morgan fingerprint density at radius 2 is 1.84 bits per heavy atom. The molecular formula is C24H27ClF3N7O2. The number of nitrogens with zero attached hydrogens (tertiary/aromatic N) is 5. The predicted octanol–water partition coefficient (Wildman–Crippen LogP) is 3.58. The molecule has 3 aromatic rings. The highest BCUT2D eigenvalue weighted by molar-refractivity contribution is 5.97. The normalized spacial score (nSPS) is 16.0. The first-order valence-electron chi connectivity index (χ1n) is 11.6. The quantitative estimate of drug-likeness (QED) is 0.514. The Bertz CT molecular complexity index is 1290. The molecule has 9 nitrogen and oxygen atoms in total. The zero-order chi connectivity index (χ0) is 25.4. The first-order chi connectivity index (χ1) is 17.2. The number of carbonyl (C=O) groups is 1. The van der Waals surface area contributed by atoms with Crippen LogP contribution in [0.25, 0.3) is 11.4 Å². The van der Waals surface area contributed by atoms with Crippen LogP contribution in [-0.4, -0.2) is 71.5 Å². The molecule has 0 spiro atoms. The Labute approximate surface area is 218 Å². The number of aromatic nitrogens is 3. The van der Waals surface area contributed by atoms with Gasteiger partial charge in [0.25, 0.3) is 5.91 Å². The highest BCUT2D eigenvalue weighted by atomic mass is 35.5. The van der Waals surface area contributed by atoms with Crippen molar-refractivity contribution in [2.24, 2.45) is 7.05 Å². The van der Waals surface area contributed by atoms with Crippen LogP contribution in [0.2, 0.25) is 0 Å². The summed E-state index contributed by atoms with van der Waals surface area (Å²) in [5, 5.41) is 5.73. The SMILES string of the molecule is CN1CCN(c2ccc(OC(F)(F)F)c(Nc3nccc(-c4cc5c(n4C)CCNC5=O)n3)c2)CC1.Cl. The lowest BCUT2D eigenvalue weighted by molar-refractivity contribution is -0.274. The standard InChI is InChI=1S/C24H26F3N7O2.ClH/c1-32-9-11-34(12-10-32)15-3-4-21(36-24(25,26)27)18(13-15)31-23-29-7-5-17(30-23)20-14-16-19(33(20)2)6-8-28-22(16)35;/h3-5,7,13-14H,6,8-12H2,1-2H3,(H,28,35)(H,29,30,31);1H. The summed E-state index contributed by atoms with van der Waals surface area (Å²) in [5.41, 5.74) is 3.62. The molecule has 2 aromatic heterocycles. The molecule has 1 aromatic carbocycles. The third-order valence-corrected chi connectivity index (χ3v) is 6.47. The van der Waals surface area contributed by atoms with Crippen molar-refractivity contribution in [2.45, 2.75) is 12.8 Å². The van der Waals surface area contributed by atoms with Crippen LogP contribution in [0.5, 0.6) is 5.75 Å². The van der Waals surface area contributed by atoms with E-state index in [4.69, 9.17) is 0 Å². The van der Waals surface area contributed by atoms with Gasteiger partial charge in [0, 0.05) is 63.8 Å². The van der Waals surface area contributed by atoms with Gasteiger partial charge in [-0.25, -0.2) is 9.97 Å². The number of ether oxygens (including phenoxy) is 1. The number of anilines is 3. The molecule has 2 N–H and O–H groups in total. The fourth-order valence-corrected chi connectivity index (χ4v) is 4.55. The number of nitrogens with one attached hydrogen (secondary N) is 2. The number of fused-ring (bicyclic) bond motifs is 1. The topological polar surface area (TPSA) is 87.5 Å². The Morgan fingerprint density at radius 3 is 2.54 bits per heavy atom. The molecule has 1 fully saturated rings. The number of rotatable bonds is 5. The predicted molar refractivity (Wildman–Crippen MR) is 136 cm³/mol. The summed E-state index contributed by atoms with van der Waals surface area (Å²) >= 11 is 0. The van der Waals surface area contributed by atoms with E-state index in [1.54, 1.807) is 24.3 Å². The number of halogens is 4. The monoisotopic (exact) mass is 537 g/mol. The van der Waals surface area contributed by atoms with Crippen LogP contribution in [0.1, 0.15) is 16.1 Å². The van der Waals surface area contributed by atoms with Crippen molar-refractivity contribution in [1.29, 1.82) is 0 Å². The molecule has 0 aliphatic carbocycles. The molecule has 4 heterocycles. The van der Waals surface area contributed by atoms with Crippen LogP contribution in [0, 0.1) is 0 Å². The van der Waals surface area contributed by atoms with Crippen molar-refractivity contribution >= 4 is 35.6 Å². The lowest BCUT2D eigenvalue weighted by atomic mass is 10.1. The zero-order valence-corrected chi connectivity index (χ0v) is 21.1. The van der Waals surface area contributed by atoms with E-state index in [0.717, 1.165) is 37.6 Å². The van der Waals surface area contributed by atoms with E-state index in [-0.39, 0.29) is 35.7 Å². The largest absolute Gasteiger partial charge is 0.573 e. The van der Waals surface area contributed by atoms with Gasteiger partial charge in [-0.2, -0.15) is 0 Å². The summed E-state index contributed by atoms with van der Waals surface area (Å²) in [6, 6.07) is 8.00. The molecule has 5 rings (SSSR count). The molecule has 1 saturated heterocycles. The lowest BCUT2D eigenvalue weighted by Gasteiger charge is -2.34. The number of benzene rings is 1. The van der Waals surface area contributed by atoms with Crippen molar-refractivity contribution in [1.82, 2.24) is 24.8 Å². The summed E-state index contributed by atoms with van der Waals surface area (Å²) in [7, 11) is 3.89. The molecule has 13 heteroatoms. The van der Waals surface area contributed by atoms with Crippen LogP contribution in [0.15, 0.2) is 36.5 Å². The van der Waals surface area contributed by atoms with Gasteiger partial charge in [0.2, 0.25) is 5.95 Å². The molecular weight excluding hydrogens is 511 g/mol. The van der Waals surface area contributed by atoms with Gasteiger partial charge in [-0.05, 0) is 37.4 Å². The fraction of sp³-hybridized carbons (Fsp3) is 0.375. The van der Waals surface area contributed by atoms with E-state index >= 15 is 0 Å². The molecule has 2 aliphatic heterocycles. The van der Waals surface area contributed by atoms with Crippen molar-refractivity contribution in [3.63, 3.8) is 0 Å². The van der Waals surface area contributed by atoms with Gasteiger partial charge in [0.05, 0.1) is 22.6 Å². The average molecular weight is 538 g/mol. The molecule has 0 saturated carbocycles. The smallest absolute Gasteiger partial charge is 0.404 e. The van der Waals surface area contributed by atoms with Gasteiger partial charge >= 0.3 is 6.36 Å². The zero-order valence-electron chi connectivity index (χ0n) is 20.3. The van der Waals surface area contributed by atoms with E-state index in [2.05, 4.69) is 35.1 Å². The first kappa shape index (κ1) is 26.6. The second kappa shape index (κ2) is 10.5. The number of carbonyl (C=O) groups excluding carboxylic acids is 1. The Morgan fingerprint density at radius 1 is 1.08 bits per heavy atom. The number of hydrogen-bond acceptors (Lipinski definition) is 7. The molecule has 0 atom stereocenters. The highest BCUT2D eigenvalue weighted by Gasteiger charge is 2.32. The second-order valence-electron chi connectivity index (χ2n) is 8.86. The minimum absolute atomic E-state index is 0. The summed E-state index contributed by atoms with van der Waals surface area (Å²) < 4.78 is 45.5. The number of hydrogen-bond donors (Lipinski definition) is 2. The molecule has 0 unspecified atom stereocenters. The first-order valence-corrected chi connectivity index (χ1v) is 11.6. The Balaban J connectivity index is 0.00000320. The Hall–Kier alpha value is -3.51. The second-order valence-corrected chi connectivity index (χ2v) is 8.86. The van der Waals surface area contributed by atoms with Gasteiger partial charge in [-0.1, -0.05) is 0 Å². The van der Waals surface area contributed by atoms with Gasteiger partial charge in [0.15, 0.2) is 5.75 Å². The summed E-state index contributed by atoms with van der Waals surface area (Å²) in [4.78, 5) is 25.3. The van der Waals surface area contributed by atoms with E-state index in [1.165, 1.54) is 12.3 Å². The van der Waals surface area contributed by atoms with Gasteiger partial charge in [0.1, 0.15) is 0 Å². The molecule has 2 aliphatic rings. The van der Waals surface area contributed by atoms with Crippen LogP contribution in [0.4, 0.5) is 30.5 Å². The molecule has 37 heavy (non-hydrogen) atoms. The molecule has 1 amide bonds. The van der Waals surface area contributed by atoms with Crippen molar-refractivity contribution in [3.8, 4) is 17.1 Å². The van der Waals surface area contributed by atoms with Crippen molar-refractivity contribution in [3.05, 3.63) is 47.8 Å².